The number of halogens is 1. The lowest BCUT2D eigenvalue weighted by Gasteiger charge is -2.37. The number of carbonyl (C=O) groups excluding carboxylic acids is 3. The zero-order chi connectivity index (χ0) is 35.5. The SMILES string of the molecule is CC1=CC(C(=O)Nc2ccccc2N)=CC(C)(Cl)C=C1c1ccc(N2CCN(C(=O)OC(C)(C)C)CC2)cc1NC(=O)c1ccc(C)cc1. The number of nitrogens with two attached hydrogens (primary N) is 1. The summed E-state index contributed by atoms with van der Waals surface area (Å²) in [6.45, 7) is 13.5. The smallest absolute Gasteiger partial charge is 0.410 e. The van der Waals surface area contributed by atoms with Crippen molar-refractivity contribution in [3.8, 4) is 0 Å². The van der Waals surface area contributed by atoms with Crippen LogP contribution < -0.4 is 21.3 Å². The van der Waals surface area contributed by atoms with Gasteiger partial charge in [0.2, 0.25) is 0 Å². The lowest BCUT2D eigenvalue weighted by molar-refractivity contribution is -0.112. The van der Waals surface area contributed by atoms with Crippen LogP contribution in [-0.2, 0) is 9.53 Å². The Morgan fingerprint density at radius 2 is 1.51 bits per heavy atom. The molecule has 5 rings (SSSR count). The van der Waals surface area contributed by atoms with E-state index >= 15 is 0 Å². The number of nitrogen functional groups attached to an aromatic ring is 1. The molecule has 1 unspecified atom stereocenters. The van der Waals surface area contributed by atoms with Crippen molar-refractivity contribution in [3.63, 3.8) is 0 Å². The summed E-state index contributed by atoms with van der Waals surface area (Å²) in [5.74, 6) is -0.594. The fourth-order valence-corrected chi connectivity index (χ4v) is 5.99. The summed E-state index contributed by atoms with van der Waals surface area (Å²) in [5, 5.41) is 6.04. The largest absolute Gasteiger partial charge is 0.444 e. The Labute approximate surface area is 293 Å². The lowest BCUT2D eigenvalue weighted by atomic mass is 9.94. The minimum atomic E-state index is -1.03. The van der Waals surface area contributed by atoms with Gasteiger partial charge in [-0.3, -0.25) is 9.59 Å². The molecule has 3 aromatic carbocycles. The molecule has 0 saturated carbocycles. The van der Waals surface area contributed by atoms with Crippen LogP contribution >= 0.6 is 11.6 Å². The van der Waals surface area contributed by atoms with Crippen LogP contribution in [0, 0.1) is 6.92 Å². The third-order valence-electron chi connectivity index (χ3n) is 8.28. The highest BCUT2D eigenvalue weighted by molar-refractivity contribution is 6.28. The minimum Gasteiger partial charge on any atom is -0.444 e. The van der Waals surface area contributed by atoms with E-state index in [0.29, 0.717) is 54.4 Å². The van der Waals surface area contributed by atoms with Gasteiger partial charge in [-0.2, -0.15) is 0 Å². The zero-order valence-electron chi connectivity index (χ0n) is 28.9. The number of carbonyl (C=O) groups is 3. The number of amides is 3. The molecule has 49 heavy (non-hydrogen) atoms. The number of nitrogens with one attached hydrogen (secondary N) is 2. The molecule has 3 aromatic rings. The first kappa shape index (κ1) is 35.3. The Hall–Kier alpha value is -5.02. The summed E-state index contributed by atoms with van der Waals surface area (Å²) in [7, 11) is 0. The summed E-state index contributed by atoms with van der Waals surface area (Å²) in [6.07, 6.45) is 5.08. The minimum absolute atomic E-state index is 0.253. The molecule has 1 saturated heterocycles. The van der Waals surface area contributed by atoms with Crippen LogP contribution in [0.1, 0.15) is 56.1 Å². The second kappa shape index (κ2) is 14.2. The number of hydrogen-bond acceptors (Lipinski definition) is 6. The molecule has 0 aromatic heterocycles. The molecule has 0 radical (unpaired) electrons. The Kier molecular flexibility index (Phi) is 10.2. The molecule has 1 atom stereocenters. The van der Waals surface area contributed by atoms with E-state index < -0.39 is 10.5 Å². The zero-order valence-corrected chi connectivity index (χ0v) is 29.6. The number of piperazine rings is 1. The molecule has 9 nitrogen and oxygen atoms in total. The quantitative estimate of drug-likeness (QED) is 0.181. The molecule has 10 heteroatoms. The average molecular weight is 682 g/mol. The highest BCUT2D eigenvalue weighted by Crippen LogP contribution is 2.39. The fraction of sp³-hybridized carbons (Fsp3) is 0.308. The maximum Gasteiger partial charge on any atom is 0.410 e. The van der Waals surface area contributed by atoms with E-state index in [2.05, 4.69) is 15.5 Å². The van der Waals surface area contributed by atoms with E-state index in [9.17, 15) is 14.4 Å². The van der Waals surface area contributed by atoms with E-state index in [-0.39, 0.29) is 17.9 Å². The van der Waals surface area contributed by atoms with E-state index in [4.69, 9.17) is 22.1 Å². The van der Waals surface area contributed by atoms with Crippen molar-refractivity contribution in [2.75, 3.05) is 47.4 Å². The second-order valence-electron chi connectivity index (χ2n) is 13.7. The number of ether oxygens (including phenoxy) is 1. The number of allylic oxidation sites excluding steroid dienone is 4. The van der Waals surface area contributed by atoms with Crippen molar-refractivity contribution < 1.29 is 19.1 Å². The Bertz CT molecular complexity index is 1850. The third kappa shape index (κ3) is 8.91. The summed E-state index contributed by atoms with van der Waals surface area (Å²) in [4.78, 5) is 42.6. The molecular formula is C39H44ClN5O4. The van der Waals surface area contributed by atoms with Crippen LogP contribution in [-0.4, -0.2) is 59.5 Å². The molecule has 256 valence electrons. The topological polar surface area (TPSA) is 117 Å². The molecular weight excluding hydrogens is 638 g/mol. The van der Waals surface area contributed by atoms with Gasteiger partial charge in [-0.1, -0.05) is 42.0 Å². The number of nitrogens with zero attached hydrogens (tertiary/aromatic N) is 2. The third-order valence-corrected chi connectivity index (χ3v) is 8.50. The number of alkyl halides is 1. The molecule has 2 aliphatic rings. The van der Waals surface area contributed by atoms with Crippen molar-refractivity contribution in [2.24, 2.45) is 0 Å². The van der Waals surface area contributed by atoms with Gasteiger partial charge in [-0.05, 0) is 101 Å². The maximum atomic E-state index is 13.6. The number of hydrogen-bond donors (Lipinski definition) is 3. The first-order valence-electron chi connectivity index (χ1n) is 16.3. The van der Waals surface area contributed by atoms with Gasteiger partial charge < -0.3 is 30.9 Å². The number of anilines is 4. The Balaban J connectivity index is 1.46. The van der Waals surface area contributed by atoms with E-state index in [0.717, 1.165) is 28.0 Å². The molecule has 0 spiro atoms. The summed E-state index contributed by atoms with van der Waals surface area (Å²) in [5.41, 5.74) is 12.2. The predicted molar refractivity (Wildman–Crippen MR) is 199 cm³/mol. The van der Waals surface area contributed by atoms with E-state index in [1.807, 2.05) is 78.0 Å². The van der Waals surface area contributed by atoms with Gasteiger partial charge in [0.1, 0.15) is 5.60 Å². The molecule has 1 aliphatic carbocycles. The molecule has 0 bridgehead atoms. The molecule has 3 amide bonds. The summed E-state index contributed by atoms with van der Waals surface area (Å²) in [6, 6.07) is 20.4. The van der Waals surface area contributed by atoms with Gasteiger partial charge in [-0.25, -0.2) is 4.79 Å². The van der Waals surface area contributed by atoms with Crippen molar-refractivity contribution in [3.05, 3.63) is 113 Å². The van der Waals surface area contributed by atoms with Crippen LogP contribution in [0.25, 0.3) is 5.57 Å². The predicted octanol–water partition coefficient (Wildman–Crippen LogP) is 7.79. The number of benzene rings is 3. The van der Waals surface area contributed by atoms with Gasteiger partial charge in [0, 0.05) is 48.6 Å². The highest BCUT2D eigenvalue weighted by atomic mass is 35.5. The van der Waals surface area contributed by atoms with Gasteiger partial charge >= 0.3 is 6.09 Å². The Morgan fingerprint density at radius 1 is 0.857 bits per heavy atom. The summed E-state index contributed by atoms with van der Waals surface area (Å²) >= 11 is 7.03. The normalized spacial score (nSPS) is 18.1. The standard InChI is InChI=1S/C39H44ClN5O4/c1-25-11-13-27(14-12-25)35(46)43-34-22-29(44-17-19-45(20-18-44)37(48)49-38(3,4)5)15-16-30(34)31-24-39(6,40)23-28(21-26(31)2)36(47)42-33-10-8-7-9-32(33)41/h7-16,21-24H,17-20,41H2,1-6H3,(H,42,47)(H,43,46). The van der Waals surface area contributed by atoms with Crippen LogP contribution in [0.4, 0.5) is 27.5 Å². The first-order valence-corrected chi connectivity index (χ1v) is 16.7. The van der Waals surface area contributed by atoms with E-state index in [1.54, 1.807) is 53.5 Å². The van der Waals surface area contributed by atoms with Crippen molar-refractivity contribution in [1.82, 2.24) is 4.90 Å². The lowest BCUT2D eigenvalue weighted by Crippen LogP contribution is -2.50. The molecule has 1 heterocycles. The number of rotatable bonds is 6. The van der Waals surface area contributed by atoms with Crippen molar-refractivity contribution >= 4 is 57.8 Å². The van der Waals surface area contributed by atoms with Gasteiger partial charge in [-0.15, -0.1) is 11.6 Å². The Morgan fingerprint density at radius 3 is 2.16 bits per heavy atom. The van der Waals surface area contributed by atoms with Crippen molar-refractivity contribution in [2.45, 2.75) is 52.0 Å². The summed E-state index contributed by atoms with van der Waals surface area (Å²) < 4.78 is 5.57. The molecule has 4 N–H and O–H groups in total. The van der Waals surface area contributed by atoms with E-state index in [1.165, 1.54) is 0 Å². The average Bonchev–Trinajstić information content (AvgIpc) is 3.16. The fourth-order valence-electron chi connectivity index (χ4n) is 5.76. The van der Waals surface area contributed by atoms with Crippen molar-refractivity contribution in [1.29, 1.82) is 0 Å². The van der Waals surface area contributed by atoms with Gasteiger partial charge in [0.05, 0.1) is 21.9 Å². The van der Waals surface area contributed by atoms with Crippen LogP contribution in [0.3, 0.4) is 0 Å². The number of para-hydroxylation sites is 2. The van der Waals surface area contributed by atoms with Gasteiger partial charge in [0.15, 0.2) is 0 Å². The second-order valence-corrected chi connectivity index (χ2v) is 14.5. The van der Waals surface area contributed by atoms with Crippen LogP contribution in [0.15, 0.2) is 96.1 Å². The number of aryl methyl sites for hydroxylation is 1. The maximum absolute atomic E-state index is 13.6. The van der Waals surface area contributed by atoms with Crippen LogP contribution in [0.5, 0.6) is 0 Å². The molecule has 1 fully saturated rings. The molecule has 1 aliphatic heterocycles. The first-order chi connectivity index (χ1) is 23.1. The monoisotopic (exact) mass is 681 g/mol. The van der Waals surface area contributed by atoms with Crippen LogP contribution in [0.2, 0.25) is 0 Å². The highest BCUT2D eigenvalue weighted by Gasteiger charge is 2.28. The van der Waals surface area contributed by atoms with Gasteiger partial charge in [0.25, 0.3) is 11.8 Å².